The van der Waals surface area contributed by atoms with Crippen LogP contribution < -0.4 is 10.6 Å². The minimum Gasteiger partial charge on any atom is -0.351 e. The van der Waals surface area contributed by atoms with Crippen molar-refractivity contribution < 1.29 is 4.79 Å². The summed E-state index contributed by atoms with van der Waals surface area (Å²) in [7, 11) is 0. The molecule has 21 heavy (non-hydrogen) atoms. The molecule has 0 radical (unpaired) electrons. The smallest absolute Gasteiger partial charge is 0.270 e. The van der Waals surface area contributed by atoms with E-state index in [-0.39, 0.29) is 5.91 Å². The van der Waals surface area contributed by atoms with E-state index in [0.29, 0.717) is 29.3 Å². The lowest BCUT2D eigenvalue weighted by atomic mass is 10.2. The normalized spacial score (nSPS) is 13.8. The van der Waals surface area contributed by atoms with E-state index in [9.17, 15) is 4.79 Å². The van der Waals surface area contributed by atoms with Crippen LogP contribution in [0.1, 0.15) is 28.9 Å². The molecule has 0 bridgehead atoms. The van der Waals surface area contributed by atoms with Crippen molar-refractivity contribution in [3.05, 3.63) is 52.8 Å². The highest BCUT2D eigenvalue weighted by Crippen LogP contribution is 2.22. The van der Waals surface area contributed by atoms with E-state index in [1.54, 1.807) is 24.4 Å². The topological polar surface area (TPSA) is 66.9 Å². The van der Waals surface area contributed by atoms with Crippen LogP contribution in [0.3, 0.4) is 0 Å². The van der Waals surface area contributed by atoms with E-state index in [4.69, 9.17) is 11.6 Å². The lowest BCUT2D eigenvalue weighted by molar-refractivity contribution is 0.0946. The fourth-order valence-electron chi connectivity index (χ4n) is 1.84. The van der Waals surface area contributed by atoms with Crippen LogP contribution in [0, 0.1) is 0 Å². The zero-order chi connectivity index (χ0) is 14.7. The molecule has 5 nitrogen and oxygen atoms in total. The van der Waals surface area contributed by atoms with Crippen molar-refractivity contribution in [3.63, 3.8) is 0 Å². The van der Waals surface area contributed by atoms with E-state index in [2.05, 4.69) is 20.6 Å². The lowest BCUT2D eigenvalue weighted by Crippen LogP contribution is -2.24. The predicted octanol–water partition coefficient (Wildman–Crippen LogP) is 2.63. The van der Waals surface area contributed by atoms with E-state index in [1.807, 2.05) is 12.1 Å². The van der Waals surface area contributed by atoms with E-state index >= 15 is 0 Å². The van der Waals surface area contributed by atoms with Gasteiger partial charge in [-0.05, 0) is 36.6 Å². The third kappa shape index (κ3) is 3.92. The van der Waals surface area contributed by atoms with Gasteiger partial charge in [-0.15, -0.1) is 0 Å². The fraction of sp³-hybridized carbons (Fsp3) is 0.267. The summed E-state index contributed by atoms with van der Waals surface area (Å²) in [4.78, 5) is 20.4. The van der Waals surface area contributed by atoms with E-state index in [0.717, 1.165) is 18.4 Å². The van der Waals surface area contributed by atoms with Crippen LogP contribution in [-0.4, -0.2) is 21.9 Å². The van der Waals surface area contributed by atoms with Crippen molar-refractivity contribution in [3.8, 4) is 0 Å². The van der Waals surface area contributed by atoms with Gasteiger partial charge in [0.1, 0.15) is 5.69 Å². The summed E-state index contributed by atoms with van der Waals surface area (Å²) in [5.41, 5.74) is 1.35. The molecule has 6 heteroatoms. The Morgan fingerprint density at radius 1 is 1.24 bits per heavy atom. The molecule has 0 unspecified atom stereocenters. The summed E-state index contributed by atoms with van der Waals surface area (Å²) in [6, 6.07) is 9.41. The van der Waals surface area contributed by atoms with Crippen molar-refractivity contribution in [1.82, 2.24) is 15.3 Å². The number of nitrogens with one attached hydrogen (secondary N) is 2. The predicted molar refractivity (Wildman–Crippen MR) is 81.3 cm³/mol. The van der Waals surface area contributed by atoms with Crippen LogP contribution in [0.2, 0.25) is 5.02 Å². The minimum absolute atomic E-state index is 0.216. The largest absolute Gasteiger partial charge is 0.351 e. The van der Waals surface area contributed by atoms with Crippen molar-refractivity contribution in [2.75, 3.05) is 5.32 Å². The molecular weight excluding hydrogens is 288 g/mol. The van der Waals surface area contributed by atoms with Crippen LogP contribution in [0.15, 0.2) is 36.5 Å². The molecule has 1 aromatic heterocycles. The summed E-state index contributed by atoms with van der Waals surface area (Å²) in [6.45, 7) is 0.436. The van der Waals surface area contributed by atoms with Gasteiger partial charge in [-0.25, -0.2) is 9.97 Å². The van der Waals surface area contributed by atoms with E-state index in [1.165, 1.54) is 0 Å². The summed E-state index contributed by atoms with van der Waals surface area (Å²) >= 11 is 5.82. The van der Waals surface area contributed by atoms with E-state index < -0.39 is 0 Å². The number of anilines is 1. The van der Waals surface area contributed by atoms with Crippen LogP contribution in [0.5, 0.6) is 0 Å². The molecule has 0 atom stereocenters. The second kappa shape index (κ2) is 6.10. The van der Waals surface area contributed by atoms with Gasteiger partial charge in [0.25, 0.3) is 5.91 Å². The average molecular weight is 303 g/mol. The van der Waals surface area contributed by atoms with Gasteiger partial charge in [-0.2, -0.15) is 0 Å². The van der Waals surface area contributed by atoms with Crippen LogP contribution in [0.4, 0.5) is 5.95 Å². The molecule has 3 rings (SSSR count). The maximum Gasteiger partial charge on any atom is 0.270 e. The van der Waals surface area contributed by atoms with Gasteiger partial charge in [0.05, 0.1) is 0 Å². The SMILES string of the molecule is O=C(NCc1ccc(Cl)cc1)c1ccnc(NC2CC2)n1. The Morgan fingerprint density at radius 2 is 2.00 bits per heavy atom. The van der Waals surface area contributed by atoms with Crippen LogP contribution >= 0.6 is 11.6 Å². The summed E-state index contributed by atoms with van der Waals surface area (Å²) in [5, 5.41) is 6.68. The quantitative estimate of drug-likeness (QED) is 0.891. The maximum absolute atomic E-state index is 12.1. The maximum atomic E-state index is 12.1. The first-order valence-electron chi connectivity index (χ1n) is 6.83. The first-order chi connectivity index (χ1) is 10.2. The molecule has 1 fully saturated rings. The molecule has 1 aliphatic rings. The number of hydrogen-bond acceptors (Lipinski definition) is 4. The fourth-order valence-corrected chi connectivity index (χ4v) is 1.97. The number of amides is 1. The molecule has 1 amide bonds. The zero-order valence-corrected chi connectivity index (χ0v) is 12.1. The van der Waals surface area contributed by atoms with Crippen LogP contribution in [0.25, 0.3) is 0 Å². The molecule has 108 valence electrons. The Kier molecular flexibility index (Phi) is 4.01. The molecular formula is C15H15ClN4O. The Hall–Kier alpha value is -2.14. The standard InChI is InChI=1S/C15H15ClN4O/c16-11-3-1-10(2-4-11)9-18-14(21)13-7-8-17-15(20-13)19-12-5-6-12/h1-4,7-8,12H,5-6,9H2,(H,18,21)(H,17,19,20). The number of hydrogen-bond donors (Lipinski definition) is 2. The second-order valence-corrected chi connectivity index (χ2v) is 5.43. The molecule has 1 saturated carbocycles. The van der Waals surface area contributed by atoms with Crippen molar-refractivity contribution in [2.45, 2.75) is 25.4 Å². The van der Waals surface area contributed by atoms with Crippen molar-refractivity contribution in [1.29, 1.82) is 0 Å². The number of carbonyl (C=O) groups excluding carboxylic acids is 1. The first-order valence-corrected chi connectivity index (χ1v) is 7.21. The lowest BCUT2D eigenvalue weighted by Gasteiger charge is -2.07. The monoisotopic (exact) mass is 302 g/mol. The second-order valence-electron chi connectivity index (χ2n) is 4.99. The Balaban J connectivity index is 1.60. The molecule has 0 spiro atoms. The number of benzene rings is 1. The van der Waals surface area contributed by atoms with Gasteiger partial charge in [0, 0.05) is 23.8 Å². The average Bonchev–Trinajstić information content (AvgIpc) is 3.30. The molecule has 2 N–H and O–H groups in total. The van der Waals surface area contributed by atoms with Gasteiger partial charge < -0.3 is 10.6 Å². The van der Waals surface area contributed by atoms with Gasteiger partial charge in [0.15, 0.2) is 0 Å². The number of aromatic nitrogens is 2. The number of halogens is 1. The van der Waals surface area contributed by atoms with Gasteiger partial charge in [-0.1, -0.05) is 23.7 Å². The van der Waals surface area contributed by atoms with Crippen molar-refractivity contribution in [2.24, 2.45) is 0 Å². The number of carbonyl (C=O) groups is 1. The molecule has 1 heterocycles. The summed E-state index contributed by atoms with van der Waals surface area (Å²) < 4.78 is 0. The Labute approximate surface area is 127 Å². The molecule has 1 aliphatic carbocycles. The third-order valence-electron chi connectivity index (χ3n) is 3.17. The first kappa shape index (κ1) is 13.8. The molecule has 0 aliphatic heterocycles. The highest BCUT2D eigenvalue weighted by molar-refractivity contribution is 6.30. The molecule has 0 saturated heterocycles. The van der Waals surface area contributed by atoms with Gasteiger partial charge >= 0.3 is 0 Å². The number of rotatable bonds is 5. The third-order valence-corrected chi connectivity index (χ3v) is 3.42. The van der Waals surface area contributed by atoms with Crippen LogP contribution in [-0.2, 0) is 6.54 Å². The minimum atomic E-state index is -0.216. The van der Waals surface area contributed by atoms with Gasteiger partial charge in [0.2, 0.25) is 5.95 Å². The Bertz CT molecular complexity index is 640. The highest BCUT2D eigenvalue weighted by atomic mass is 35.5. The Morgan fingerprint density at radius 3 is 2.71 bits per heavy atom. The summed E-state index contributed by atoms with van der Waals surface area (Å²) in [5.74, 6) is 0.294. The molecule has 2 aromatic rings. The van der Waals surface area contributed by atoms with Crippen molar-refractivity contribution >= 4 is 23.5 Å². The molecule has 1 aromatic carbocycles. The highest BCUT2D eigenvalue weighted by Gasteiger charge is 2.22. The zero-order valence-electron chi connectivity index (χ0n) is 11.3. The van der Waals surface area contributed by atoms with Gasteiger partial charge in [-0.3, -0.25) is 4.79 Å². The number of nitrogens with zero attached hydrogens (tertiary/aromatic N) is 2. The summed E-state index contributed by atoms with van der Waals surface area (Å²) in [6.07, 6.45) is 3.86.